The molecule has 5 heteroatoms. The maximum atomic E-state index is 13.0. The number of aryl methyl sites for hydroxylation is 2. The number of anilines is 1. The average Bonchev–Trinajstić information content (AvgIpc) is 3.47. The number of carbonyl (C=O) groups is 1. The van der Waals surface area contributed by atoms with Crippen molar-refractivity contribution in [1.82, 2.24) is 4.90 Å². The van der Waals surface area contributed by atoms with Crippen LogP contribution in [0.5, 0.6) is 0 Å². The molecule has 1 aromatic carbocycles. The van der Waals surface area contributed by atoms with E-state index < -0.39 is 0 Å². The van der Waals surface area contributed by atoms with Crippen molar-refractivity contribution in [2.45, 2.75) is 64.6 Å². The van der Waals surface area contributed by atoms with Gasteiger partial charge in [0.15, 0.2) is 0 Å². The van der Waals surface area contributed by atoms with Crippen molar-refractivity contribution in [3.63, 3.8) is 0 Å². The molecule has 0 bridgehead atoms. The smallest absolute Gasteiger partial charge is 0.310 e. The number of rotatable bonds is 3. The molecule has 0 aromatic heterocycles. The number of ether oxygens (including phenoxy) is 2. The Morgan fingerprint density at radius 2 is 1.91 bits per heavy atom. The van der Waals surface area contributed by atoms with Gasteiger partial charge in [0.1, 0.15) is 6.10 Å². The van der Waals surface area contributed by atoms with Crippen LogP contribution in [0.1, 0.15) is 50.2 Å². The van der Waals surface area contributed by atoms with Crippen LogP contribution in [0.4, 0.5) is 5.69 Å². The molecule has 3 heterocycles. The monoisotopic (exact) mass is 438 g/mol. The van der Waals surface area contributed by atoms with E-state index in [0.717, 1.165) is 52.2 Å². The molecule has 2 saturated carbocycles. The minimum atomic E-state index is 0.0366. The van der Waals surface area contributed by atoms with E-state index in [1.54, 1.807) is 0 Å². The number of fused-ring (bicyclic) bond motifs is 3. The number of benzene rings is 1. The standard InChI is InChI=1S/C27H38N2O3/c1-18-5-6-19(2)22(13-18)29-11-9-28(10-12-29)16-21-20-14-24-26(3,15-23(20)32-25(21)30)7-4-8-27(24)17-31-27/h5-6,13,20-21,23-24H,4,7-12,14-17H2,1-3H3/t20-,21+,23-,24-,26-,27+/m1/s1. The second kappa shape index (κ2) is 7.46. The van der Waals surface area contributed by atoms with Crippen LogP contribution in [0.15, 0.2) is 18.2 Å². The molecule has 5 nitrogen and oxygen atoms in total. The number of epoxide rings is 1. The molecule has 3 aliphatic heterocycles. The van der Waals surface area contributed by atoms with Crippen LogP contribution in [-0.2, 0) is 14.3 Å². The molecule has 1 spiro atoms. The first-order valence-corrected chi connectivity index (χ1v) is 12.8. The highest BCUT2D eigenvalue weighted by Gasteiger charge is 2.65. The minimum Gasteiger partial charge on any atom is -0.462 e. The number of hydrogen-bond donors (Lipinski definition) is 0. The average molecular weight is 439 g/mol. The zero-order valence-corrected chi connectivity index (χ0v) is 19.9. The molecule has 32 heavy (non-hydrogen) atoms. The second-order valence-corrected chi connectivity index (χ2v) is 11.7. The van der Waals surface area contributed by atoms with Gasteiger partial charge in [-0.1, -0.05) is 19.1 Å². The normalized spacial score (nSPS) is 41.3. The molecule has 3 saturated heterocycles. The summed E-state index contributed by atoms with van der Waals surface area (Å²) in [4.78, 5) is 18.0. The van der Waals surface area contributed by atoms with E-state index in [0.29, 0.717) is 11.8 Å². The Morgan fingerprint density at radius 1 is 1.12 bits per heavy atom. The number of piperazine rings is 1. The fourth-order valence-corrected chi connectivity index (χ4v) is 7.68. The number of esters is 1. The summed E-state index contributed by atoms with van der Waals surface area (Å²) in [6.45, 7) is 12.7. The Balaban J connectivity index is 1.12. The Hall–Kier alpha value is -1.59. The molecule has 1 aromatic rings. The molecule has 0 N–H and O–H groups in total. The largest absolute Gasteiger partial charge is 0.462 e. The van der Waals surface area contributed by atoms with Crippen LogP contribution < -0.4 is 4.90 Å². The highest BCUT2D eigenvalue weighted by atomic mass is 16.6. The summed E-state index contributed by atoms with van der Waals surface area (Å²) in [7, 11) is 0. The molecule has 2 aliphatic carbocycles. The van der Waals surface area contributed by atoms with Crippen LogP contribution in [0.2, 0.25) is 0 Å². The number of nitrogens with zero attached hydrogens (tertiary/aromatic N) is 2. The summed E-state index contributed by atoms with van der Waals surface area (Å²) < 4.78 is 12.1. The summed E-state index contributed by atoms with van der Waals surface area (Å²) in [5, 5.41) is 0. The van der Waals surface area contributed by atoms with Crippen molar-refractivity contribution in [1.29, 1.82) is 0 Å². The molecular weight excluding hydrogens is 400 g/mol. The van der Waals surface area contributed by atoms with E-state index in [4.69, 9.17) is 9.47 Å². The Kier molecular flexibility index (Phi) is 4.89. The highest BCUT2D eigenvalue weighted by Crippen LogP contribution is 2.62. The van der Waals surface area contributed by atoms with Gasteiger partial charge in [0.2, 0.25) is 0 Å². The third-order valence-corrected chi connectivity index (χ3v) is 9.61. The van der Waals surface area contributed by atoms with E-state index in [1.165, 1.54) is 36.1 Å². The van der Waals surface area contributed by atoms with E-state index >= 15 is 0 Å². The van der Waals surface area contributed by atoms with Gasteiger partial charge in [0.25, 0.3) is 0 Å². The van der Waals surface area contributed by atoms with E-state index in [1.807, 2.05) is 0 Å². The van der Waals surface area contributed by atoms with Gasteiger partial charge < -0.3 is 14.4 Å². The summed E-state index contributed by atoms with van der Waals surface area (Å²) in [5.74, 6) is 1.07. The van der Waals surface area contributed by atoms with E-state index in [-0.39, 0.29) is 29.0 Å². The fourth-order valence-electron chi connectivity index (χ4n) is 7.68. The summed E-state index contributed by atoms with van der Waals surface area (Å²) in [6, 6.07) is 6.72. The number of hydrogen-bond acceptors (Lipinski definition) is 5. The van der Waals surface area contributed by atoms with E-state index in [2.05, 4.69) is 48.8 Å². The first-order chi connectivity index (χ1) is 15.4. The van der Waals surface area contributed by atoms with Crippen molar-refractivity contribution < 1.29 is 14.3 Å². The summed E-state index contributed by atoms with van der Waals surface area (Å²) in [6.07, 6.45) is 6.00. The van der Waals surface area contributed by atoms with Gasteiger partial charge in [0, 0.05) is 44.3 Å². The first kappa shape index (κ1) is 21.0. The molecular formula is C27H38N2O3. The fraction of sp³-hybridized carbons (Fsp3) is 0.741. The topological polar surface area (TPSA) is 45.3 Å². The third kappa shape index (κ3) is 3.38. The zero-order chi connectivity index (χ0) is 22.1. The van der Waals surface area contributed by atoms with Crippen molar-refractivity contribution in [2.75, 3.05) is 44.2 Å². The lowest BCUT2D eigenvalue weighted by Crippen LogP contribution is -2.52. The van der Waals surface area contributed by atoms with Gasteiger partial charge in [-0.3, -0.25) is 9.69 Å². The Morgan fingerprint density at radius 3 is 2.66 bits per heavy atom. The molecule has 5 fully saturated rings. The summed E-state index contributed by atoms with van der Waals surface area (Å²) >= 11 is 0. The molecule has 0 radical (unpaired) electrons. The van der Waals surface area contributed by atoms with Gasteiger partial charge in [-0.05, 0) is 74.5 Å². The maximum absolute atomic E-state index is 13.0. The minimum absolute atomic E-state index is 0.0366. The highest BCUT2D eigenvalue weighted by molar-refractivity contribution is 5.75. The van der Waals surface area contributed by atoms with Gasteiger partial charge in [-0.15, -0.1) is 0 Å². The molecule has 6 rings (SSSR count). The van der Waals surface area contributed by atoms with Crippen LogP contribution in [0, 0.1) is 37.0 Å². The first-order valence-electron chi connectivity index (χ1n) is 12.8. The molecule has 0 amide bonds. The molecule has 5 aliphatic rings. The Bertz CT molecular complexity index is 904. The van der Waals surface area contributed by atoms with Crippen LogP contribution in [0.25, 0.3) is 0 Å². The van der Waals surface area contributed by atoms with Crippen LogP contribution in [-0.4, -0.2) is 61.9 Å². The second-order valence-electron chi connectivity index (χ2n) is 11.7. The van der Waals surface area contributed by atoms with Gasteiger partial charge in [-0.2, -0.15) is 0 Å². The lowest BCUT2D eigenvalue weighted by molar-refractivity contribution is -0.147. The third-order valence-electron chi connectivity index (χ3n) is 9.61. The molecule has 174 valence electrons. The molecule has 0 unspecified atom stereocenters. The SMILES string of the molecule is Cc1ccc(C)c(N2CCN(C[C@@H]3C(=O)O[C@@H]4C[C@@]5(C)CCC[C@]6(CO6)[C@@H]5C[C@H]34)CC2)c1. The Labute approximate surface area is 192 Å². The lowest BCUT2D eigenvalue weighted by Gasteiger charge is -2.51. The molecule has 6 atom stereocenters. The lowest BCUT2D eigenvalue weighted by atomic mass is 9.53. The van der Waals surface area contributed by atoms with Crippen molar-refractivity contribution in [3.05, 3.63) is 29.3 Å². The van der Waals surface area contributed by atoms with Gasteiger partial charge >= 0.3 is 5.97 Å². The zero-order valence-electron chi connectivity index (χ0n) is 19.9. The maximum Gasteiger partial charge on any atom is 0.310 e. The predicted octanol–water partition coefficient (Wildman–Crippen LogP) is 3.95. The van der Waals surface area contributed by atoms with Crippen molar-refractivity contribution in [3.8, 4) is 0 Å². The summed E-state index contributed by atoms with van der Waals surface area (Å²) in [5.41, 5.74) is 4.44. The van der Waals surface area contributed by atoms with Gasteiger partial charge in [0.05, 0.1) is 18.1 Å². The van der Waals surface area contributed by atoms with Gasteiger partial charge in [-0.25, -0.2) is 0 Å². The predicted molar refractivity (Wildman–Crippen MR) is 125 cm³/mol. The van der Waals surface area contributed by atoms with Crippen molar-refractivity contribution >= 4 is 11.7 Å². The quantitative estimate of drug-likeness (QED) is 0.528. The van der Waals surface area contributed by atoms with Crippen molar-refractivity contribution in [2.24, 2.45) is 23.2 Å². The van der Waals surface area contributed by atoms with Crippen LogP contribution in [0.3, 0.4) is 0 Å². The van der Waals surface area contributed by atoms with E-state index in [9.17, 15) is 4.79 Å². The number of carbonyl (C=O) groups excluding carboxylic acids is 1. The van der Waals surface area contributed by atoms with Crippen LogP contribution >= 0.6 is 0 Å².